The lowest BCUT2D eigenvalue weighted by molar-refractivity contribution is -0.145. The molecule has 4 aliphatic carbocycles. The van der Waals surface area contributed by atoms with Crippen LogP contribution in [-0.4, -0.2) is 184 Å². The van der Waals surface area contributed by atoms with Crippen molar-refractivity contribution in [1.29, 1.82) is 0 Å². The number of ether oxygens (including phenoxy) is 5. The Labute approximate surface area is 778 Å². The van der Waals surface area contributed by atoms with Gasteiger partial charge < -0.3 is 59.2 Å². The molecule has 5 saturated heterocycles. The zero-order chi connectivity index (χ0) is 93.5. The van der Waals surface area contributed by atoms with Gasteiger partial charge >= 0.3 is 36.2 Å². The summed E-state index contributed by atoms with van der Waals surface area (Å²) in [6.07, 6.45) is 11.1. The second kappa shape index (κ2) is 40.0. The minimum absolute atomic E-state index is 0. The Hall–Kier alpha value is -7.28. The minimum atomic E-state index is -0.939. The lowest BCUT2D eigenvalue weighted by Crippen LogP contribution is -2.48. The Balaban J connectivity index is 0.000000181. The Kier molecular flexibility index (Phi) is 32.6. The summed E-state index contributed by atoms with van der Waals surface area (Å²) in [5.41, 5.74) is 11.5. The van der Waals surface area contributed by atoms with Gasteiger partial charge in [-0.3, -0.25) is 19.3 Å². The first-order chi connectivity index (χ1) is 58.4. The van der Waals surface area contributed by atoms with Gasteiger partial charge in [-0.2, -0.15) is 0 Å². The quantitative estimate of drug-likeness (QED) is 0.0792. The molecule has 0 aromatic heterocycles. The highest BCUT2D eigenvalue weighted by molar-refractivity contribution is 6.33. The summed E-state index contributed by atoms with van der Waals surface area (Å²) in [4.78, 5) is 93.2. The number of hydrogen-bond donors (Lipinski definition) is 4. The Morgan fingerprint density at radius 1 is 0.512 bits per heavy atom. The largest absolute Gasteiger partial charge is 0.481 e. The number of nitrogens with one attached hydrogen (secondary N) is 2. The zero-order valence-corrected chi connectivity index (χ0v) is 82.7. The van der Waals surface area contributed by atoms with Gasteiger partial charge in [0.25, 0.3) is 0 Å². The number of carboxylic acids is 1. The summed E-state index contributed by atoms with van der Waals surface area (Å²) in [7, 11) is 0. The van der Waals surface area contributed by atoms with Gasteiger partial charge in [-0.25, -0.2) is 28.0 Å². The topological polar surface area (TPSA) is 243 Å². The van der Waals surface area contributed by atoms with Crippen molar-refractivity contribution in [2.45, 2.75) is 309 Å². The summed E-state index contributed by atoms with van der Waals surface area (Å²) in [5.74, 6) is -3.85. The Bertz CT molecular complexity index is 4900. The monoisotopic (exact) mass is 1860 g/mol. The number of aryl methyl sites for hydroxylation is 4. The average molecular weight is 1860 g/mol. The lowest BCUT2D eigenvalue weighted by Gasteiger charge is -2.41. The molecule has 5 atom stereocenters. The molecule has 4 N–H and O–H groups in total. The molecule has 5 aromatic rings. The fraction of sp³-hybridized carbons (Fsp3) is 0.610. The molecule has 4 spiro atoms. The van der Waals surface area contributed by atoms with Crippen LogP contribution in [0.3, 0.4) is 0 Å². The highest BCUT2D eigenvalue weighted by atomic mass is 35.5. The highest BCUT2D eigenvalue weighted by Gasteiger charge is 2.54. The molecule has 0 bridgehead atoms. The van der Waals surface area contributed by atoms with E-state index in [4.69, 9.17) is 70.1 Å². The first-order valence-corrected chi connectivity index (χ1v) is 46.3. The molecule has 5 fully saturated rings. The number of rotatable bonds is 9. The molecule has 700 valence electrons. The van der Waals surface area contributed by atoms with Crippen LogP contribution >= 0.6 is 58.8 Å². The predicted octanol–water partition coefficient (Wildman–Crippen LogP) is 22.0. The first-order valence-electron chi connectivity index (χ1n) is 44.8. The van der Waals surface area contributed by atoms with Crippen LogP contribution in [0.5, 0.6) is 0 Å². The van der Waals surface area contributed by atoms with Gasteiger partial charge in [0.05, 0.1) is 36.2 Å². The van der Waals surface area contributed by atoms with Gasteiger partial charge in [-0.1, -0.05) is 82.8 Å². The number of halogens is 7. The number of aliphatic carboxylic acids is 1. The Morgan fingerprint density at radius 2 is 0.913 bits per heavy atom. The molecule has 20 nitrogen and oxygen atoms in total. The normalized spacial score (nSPS) is 21.2. The van der Waals surface area contributed by atoms with Crippen LogP contribution in [0.2, 0.25) is 20.1 Å². The van der Waals surface area contributed by atoms with Crippen molar-refractivity contribution >= 4 is 106 Å². The van der Waals surface area contributed by atoms with E-state index >= 15 is 0 Å². The third kappa shape index (κ3) is 24.0. The van der Waals surface area contributed by atoms with Crippen LogP contribution in [0.1, 0.15) is 298 Å². The van der Waals surface area contributed by atoms with Crippen LogP contribution in [-0.2, 0) is 64.5 Å². The number of benzene rings is 5. The predicted molar refractivity (Wildman–Crippen MR) is 501 cm³/mol. The van der Waals surface area contributed by atoms with E-state index in [0.29, 0.717) is 87.6 Å². The van der Waals surface area contributed by atoms with Crippen molar-refractivity contribution in [3.63, 3.8) is 0 Å². The van der Waals surface area contributed by atoms with Crippen LogP contribution in [0, 0.1) is 45.2 Å². The Morgan fingerprint density at radius 3 is 1.33 bits per heavy atom. The smallest absolute Gasteiger partial charge is 0.410 e. The number of aliphatic hydroxyl groups is 1. The number of hydrogen-bond acceptors (Lipinski definition) is 15. The maximum Gasteiger partial charge on any atom is 0.410 e. The summed E-state index contributed by atoms with van der Waals surface area (Å²) >= 11 is 25.6. The van der Waals surface area contributed by atoms with Gasteiger partial charge in [0.1, 0.15) is 28.4 Å². The van der Waals surface area contributed by atoms with E-state index < -0.39 is 51.8 Å². The second-order valence-electron chi connectivity index (χ2n) is 41.5. The molecule has 5 heterocycles. The van der Waals surface area contributed by atoms with Crippen LogP contribution in [0.15, 0.2) is 72.8 Å². The molecular formula is C100H137Cl5F2N6O14. The molecule has 5 aromatic carbocycles. The SMILES string of the molecule is CC(=O)NC(C)(C)[C@H]1CC2(CCN(C(=O)OC(C)(C)C)CC2)c2cc(C)c(Cl)cc21.CC(C)(C)N1CC(C(=O)O)[C@H](c2ccc(F)cc2F)C1.CCOC(=O)C1=CC2(CCN(C(=O)OC(C)(C)C)CC2)c2cc(C)c(Cl)cc21.CCOC(=O)C1CC2(CCN(C(=O)OC(C)(C)C)CC2)c2cc(C)c(Cl)cc21.Cc1cc2c(cc1Cl)C(C(C)(C)O)CC21CCNCC1.Cl. The fourth-order valence-corrected chi connectivity index (χ4v) is 21.0. The number of esters is 2. The number of amides is 4. The van der Waals surface area contributed by atoms with Crippen molar-refractivity contribution in [3.05, 3.63) is 177 Å². The van der Waals surface area contributed by atoms with Crippen molar-refractivity contribution < 1.29 is 76.2 Å². The van der Waals surface area contributed by atoms with Crippen LogP contribution < -0.4 is 10.6 Å². The molecule has 127 heavy (non-hydrogen) atoms. The minimum Gasteiger partial charge on any atom is -0.481 e. The van der Waals surface area contributed by atoms with E-state index in [9.17, 15) is 52.6 Å². The molecule has 14 rings (SSSR count). The van der Waals surface area contributed by atoms with Gasteiger partial charge in [0, 0.05) is 125 Å². The molecule has 0 radical (unpaired) electrons. The summed E-state index contributed by atoms with van der Waals surface area (Å²) < 4.78 is 54.1. The summed E-state index contributed by atoms with van der Waals surface area (Å²) in [6.45, 7) is 51.6. The number of carbonyl (C=O) groups is 7. The van der Waals surface area contributed by atoms with Crippen LogP contribution in [0.4, 0.5) is 23.2 Å². The number of piperidine rings is 4. The molecular weight excluding hydrogens is 1720 g/mol. The number of nitrogens with zero attached hydrogens (tertiary/aromatic N) is 4. The highest BCUT2D eigenvalue weighted by Crippen LogP contribution is 2.59. The summed E-state index contributed by atoms with van der Waals surface area (Å²) in [6, 6.07) is 20.0. The maximum absolute atomic E-state index is 13.9. The van der Waals surface area contributed by atoms with E-state index in [1.807, 2.05) is 153 Å². The third-order valence-electron chi connectivity index (χ3n) is 27.0. The van der Waals surface area contributed by atoms with Crippen molar-refractivity contribution in [2.24, 2.45) is 5.92 Å². The molecule has 27 heteroatoms. The average Bonchev–Trinajstić information content (AvgIpc) is 1.59. The van der Waals surface area contributed by atoms with Gasteiger partial charge in [0.2, 0.25) is 5.91 Å². The van der Waals surface area contributed by atoms with Crippen molar-refractivity contribution in [3.8, 4) is 0 Å². The number of likely N-dealkylation sites (tertiary alicyclic amines) is 4. The lowest BCUT2D eigenvalue weighted by atomic mass is 9.72. The molecule has 9 aliphatic rings. The number of allylic oxidation sites excluding steroid dienone is 1. The third-order valence-corrected chi connectivity index (χ3v) is 28.6. The maximum atomic E-state index is 13.9. The number of carbonyl (C=O) groups excluding carboxylic acids is 6. The van der Waals surface area contributed by atoms with E-state index in [1.165, 1.54) is 39.9 Å². The van der Waals surface area contributed by atoms with E-state index in [0.717, 1.165) is 132 Å². The van der Waals surface area contributed by atoms with Gasteiger partial charge in [-0.15, -0.1) is 12.4 Å². The van der Waals surface area contributed by atoms with Gasteiger partial charge in [-0.05, 0) is 350 Å². The molecule has 4 amide bonds. The number of carboxylic acid groups (broad SMARTS) is 1. The van der Waals surface area contributed by atoms with E-state index in [2.05, 4.69) is 67.8 Å². The first kappa shape index (κ1) is 103. The second-order valence-corrected chi connectivity index (χ2v) is 43.1. The zero-order valence-electron chi connectivity index (χ0n) is 78.8. The number of fused-ring (bicyclic) bond motifs is 8. The van der Waals surface area contributed by atoms with Gasteiger partial charge in [0.15, 0.2) is 0 Å². The fourth-order valence-electron chi connectivity index (χ4n) is 20.3. The summed E-state index contributed by atoms with van der Waals surface area (Å²) in [5, 5.41) is 29.4. The van der Waals surface area contributed by atoms with E-state index in [1.54, 1.807) is 23.6 Å². The molecule has 5 aliphatic heterocycles. The molecule has 0 saturated carbocycles. The van der Waals surface area contributed by atoms with E-state index in [-0.39, 0.29) is 105 Å². The molecule has 3 unspecified atom stereocenters. The van der Waals surface area contributed by atoms with Crippen molar-refractivity contribution in [1.82, 2.24) is 30.2 Å². The standard InChI is InChI=1S/C24H35ClN2O3.C22H30ClNO4.C22H28ClNO4.C17H24ClNO.C15H19F2NO2.ClH/c1-15-12-18-17(13-20(15)25)19(23(6,7)26-16(2)28)14-24(18)8-10-27(11-9-24)21(29)30-22(3,4)5;2*1-6-27-19(25)16-13-22(17-11-14(2)18(23)12-15(16)17)7-9-24(10-8-22)20(26)28-21(3,4)5;1-11-8-13-12(9-15(11)18)14(16(2,3)20)10-17(13)4-6-19-7-5-17;1-15(2,3)18-7-11(12(8-18)14(19)20)10-5-4-9(16)6-13(10)17;/h12-13,19H,8-11,14H2,1-7H3,(H,26,28);11-12,16H,6-10,13H2,1-5H3;11-13H,6-10H2,1-5H3;8-9,14,19-20H,4-7,10H2,1-3H3;4-6,11-12H,7-8H2,1-3H3,(H,19,20);1H/t19-;;;;11-,12?;/m0...0./s1. The van der Waals surface area contributed by atoms with Crippen LogP contribution in [0.25, 0.3) is 5.57 Å². The van der Waals surface area contributed by atoms with Crippen molar-refractivity contribution in [2.75, 3.05) is 78.7 Å².